The minimum atomic E-state index is -3.68. The van der Waals surface area contributed by atoms with E-state index in [4.69, 9.17) is 5.73 Å². The molecular weight excluding hydrogens is 288 g/mol. The van der Waals surface area contributed by atoms with Crippen molar-refractivity contribution in [3.63, 3.8) is 0 Å². The fourth-order valence-corrected chi connectivity index (χ4v) is 3.24. The third-order valence-corrected chi connectivity index (χ3v) is 4.57. The number of sulfonamides is 1. The number of carbonyl (C=O) groups is 1. The van der Waals surface area contributed by atoms with Crippen molar-refractivity contribution >= 4 is 27.2 Å². The highest BCUT2D eigenvalue weighted by atomic mass is 32.2. The number of aryl methyl sites for hydroxylation is 1. The van der Waals surface area contributed by atoms with E-state index >= 15 is 0 Å². The van der Waals surface area contributed by atoms with Crippen molar-refractivity contribution in [3.8, 4) is 0 Å². The van der Waals surface area contributed by atoms with Gasteiger partial charge in [-0.2, -0.15) is 0 Å². The number of carbonyl (C=O) groups excluding carboxylic acids is 1. The van der Waals surface area contributed by atoms with Crippen LogP contribution < -0.4 is 10.5 Å². The third-order valence-electron chi connectivity index (χ3n) is 3.03. The summed E-state index contributed by atoms with van der Waals surface area (Å²) in [6, 6.07) is 10.9. The number of benzene rings is 2. The summed E-state index contributed by atoms with van der Waals surface area (Å²) in [4.78, 5) is 11.4. The van der Waals surface area contributed by atoms with Gasteiger partial charge in [-0.15, -0.1) is 0 Å². The van der Waals surface area contributed by atoms with E-state index in [0.29, 0.717) is 22.5 Å². The smallest absolute Gasteiger partial charge is 0.262 e. The predicted molar refractivity (Wildman–Crippen MR) is 82.8 cm³/mol. The van der Waals surface area contributed by atoms with Crippen LogP contribution in [0.1, 0.15) is 22.8 Å². The third kappa shape index (κ3) is 3.41. The summed E-state index contributed by atoms with van der Waals surface area (Å²) in [7, 11) is -3.68. The van der Waals surface area contributed by atoms with E-state index in [1.807, 2.05) is 0 Å². The van der Waals surface area contributed by atoms with Crippen LogP contribution in [0.3, 0.4) is 0 Å². The average molecular weight is 304 g/mol. The van der Waals surface area contributed by atoms with Gasteiger partial charge in [0, 0.05) is 16.9 Å². The molecule has 0 heterocycles. The highest BCUT2D eigenvalue weighted by Crippen LogP contribution is 2.21. The Morgan fingerprint density at radius 2 is 1.71 bits per heavy atom. The second kappa shape index (κ2) is 5.57. The Morgan fingerprint density at radius 3 is 2.24 bits per heavy atom. The fraction of sp³-hybridized carbons (Fsp3) is 0.133. The largest absolute Gasteiger partial charge is 0.399 e. The molecule has 0 amide bonds. The molecule has 0 atom stereocenters. The molecule has 0 bridgehead atoms. The van der Waals surface area contributed by atoms with Crippen molar-refractivity contribution < 1.29 is 13.2 Å². The molecule has 2 aromatic rings. The van der Waals surface area contributed by atoms with Crippen LogP contribution in [0.15, 0.2) is 47.4 Å². The molecule has 0 unspecified atom stereocenters. The number of rotatable bonds is 4. The van der Waals surface area contributed by atoms with Gasteiger partial charge in [-0.05, 0) is 61.9 Å². The van der Waals surface area contributed by atoms with E-state index in [2.05, 4.69) is 4.72 Å². The van der Waals surface area contributed by atoms with Gasteiger partial charge >= 0.3 is 0 Å². The minimum absolute atomic E-state index is 0.0706. The fourth-order valence-electron chi connectivity index (χ4n) is 1.96. The molecule has 2 rings (SSSR count). The van der Waals surface area contributed by atoms with Gasteiger partial charge in [0.15, 0.2) is 5.78 Å². The minimum Gasteiger partial charge on any atom is -0.399 e. The zero-order valence-corrected chi connectivity index (χ0v) is 12.6. The maximum atomic E-state index is 12.3. The van der Waals surface area contributed by atoms with E-state index in [1.165, 1.54) is 13.0 Å². The van der Waals surface area contributed by atoms with Crippen LogP contribution in [-0.4, -0.2) is 14.2 Å². The van der Waals surface area contributed by atoms with Crippen molar-refractivity contribution in [2.75, 3.05) is 10.5 Å². The van der Waals surface area contributed by atoms with E-state index in [0.717, 1.165) is 0 Å². The van der Waals surface area contributed by atoms with E-state index in [9.17, 15) is 13.2 Å². The number of anilines is 2. The first-order valence-electron chi connectivity index (χ1n) is 6.29. The van der Waals surface area contributed by atoms with Crippen molar-refractivity contribution in [1.29, 1.82) is 0 Å². The Hall–Kier alpha value is -2.34. The molecule has 0 radical (unpaired) electrons. The number of Topliss-reactive ketones (excluding diaryl/α,β-unsaturated/α-hetero) is 1. The van der Waals surface area contributed by atoms with Gasteiger partial charge in [-0.25, -0.2) is 8.42 Å². The first kappa shape index (κ1) is 15.1. The van der Waals surface area contributed by atoms with Gasteiger partial charge in [0.25, 0.3) is 10.0 Å². The zero-order chi connectivity index (χ0) is 15.6. The summed E-state index contributed by atoms with van der Waals surface area (Å²) in [6.07, 6.45) is 0. The number of ketones is 1. The van der Waals surface area contributed by atoms with Gasteiger partial charge in [0.1, 0.15) is 0 Å². The molecule has 0 aromatic heterocycles. The molecule has 21 heavy (non-hydrogen) atoms. The van der Waals surface area contributed by atoms with Crippen LogP contribution in [-0.2, 0) is 10.0 Å². The SMILES string of the molecule is CC(=O)c1ccc(NS(=O)(=O)c2ccc(N)cc2C)cc1. The normalized spacial score (nSPS) is 11.1. The van der Waals surface area contributed by atoms with Gasteiger partial charge in [-0.3, -0.25) is 9.52 Å². The van der Waals surface area contributed by atoms with Crippen LogP contribution in [0.2, 0.25) is 0 Å². The first-order valence-corrected chi connectivity index (χ1v) is 7.78. The maximum Gasteiger partial charge on any atom is 0.262 e. The van der Waals surface area contributed by atoms with Gasteiger partial charge in [0.05, 0.1) is 4.90 Å². The standard InChI is InChI=1S/C15H16N2O3S/c1-10-9-13(16)5-8-15(10)21(19,20)17-14-6-3-12(4-7-14)11(2)18/h3-9,17H,16H2,1-2H3. The molecule has 6 heteroatoms. The molecule has 0 aliphatic heterocycles. The van der Waals surface area contributed by atoms with Crippen LogP contribution >= 0.6 is 0 Å². The number of nitrogen functional groups attached to an aromatic ring is 1. The van der Waals surface area contributed by atoms with Gasteiger partial charge in [-0.1, -0.05) is 0 Å². The van der Waals surface area contributed by atoms with Crippen molar-refractivity contribution in [2.24, 2.45) is 0 Å². The number of nitrogens with one attached hydrogen (secondary N) is 1. The maximum absolute atomic E-state index is 12.3. The van der Waals surface area contributed by atoms with Crippen molar-refractivity contribution in [2.45, 2.75) is 18.7 Å². The van der Waals surface area contributed by atoms with Crippen LogP contribution in [0, 0.1) is 6.92 Å². The summed E-state index contributed by atoms with van der Waals surface area (Å²) < 4.78 is 27.1. The Morgan fingerprint density at radius 1 is 1.10 bits per heavy atom. The molecule has 0 saturated heterocycles. The first-order chi connectivity index (χ1) is 9.79. The summed E-state index contributed by atoms with van der Waals surface area (Å²) in [5, 5.41) is 0. The molecule has 2 aromatic carbocycles. The predicted octanol–water partition coefficient (Wildman–Crippen LogP) is 2.58. The Labute approximate surface area is 123 Å². The van der Waals surface area contributed by atoms with E-state index < -0.39 is 10.0 Å². The lowest BCUT2D eigenvalue weighted by Crippen LogP contribution is -2.14. The Bertz CT molecular complexity index is 781. The number of hydrogen-bond acceptors (Lipinski definition) is 4. The van der Waals surface area contributed by atoms with E-state index in [1.54, 1.807) is 43.3 Å². The Kier molecular flexibility index (Phi) is 3.99. The summed E-state index contributed by atoms with van der Waals surface area (Å²) in [5.41, 5.74) is 7.63. The number of nitrogens with two attached hydrogens (primary N) is 1. The van der Waals surface area contributed by atoms with Crippen LogP contribution in [0.4, 0.5) is 11.4 Å². The zero-order valence-electron chi connectivity index (χ0n) is 11.8. The van der Waals surface area contributed by atoms with Crippen LogP contribution in [0.5, 0.6) is 0 Å². The lowest BCUT2D eigenvalue weighted by Gasteiger charge is -2.11. The molecule has 0 aliphatic rings. The molecule has 0 spiro atoms. The molecule has 110 valence electrons. The number of hydrogen-bond donors (Lipinski definition) is 2. The molecule has 0 fully saturated rings. The molecular formula is C15H16N2O3S. The topological polar surface area (TPSA) is 89.3 Å². The lowest BCUT2D eigenvalue weighted by molar-refractivity contribution is 0.101. The van der Waals surface area contributed by atoms with Crippen molar-refractivity contribution in [3.05, 3.63) is 53.6 Å². The second-order valence-electron chi connectivity index (χ2n) is 4.76. The summed E-state index contributed by atoms with van der Waals surface area (Å²) >= 11 is 0. The molecule has 3 N–H and O–H groups in total. The van der Waals surface area contributed by atoms with Gasteiger partial charge in [0.2, 0.25) is 0 Å². The summed E-state index contributed by atoms with van der Waals surface area (Å²) in [6.45, 7) is 3.14. The van der Waals surface area contributed by atoms with Gasteiger partial charge < -0.3 is 5.73 Å². The highest BCUT2D eigenvalue weighted by Gasteiger charge is 2.17. The quantitative estimate of drug-likeness (QED) is 0.671. The monoisotopic (exact) mass is 304 g/mol. The van der Waals surface area contributed by atoms with Crippen LogP contribution in [0.25, 0.3) is 0 Å². The van der Waals surface area contributed by atoms with E-state index in [-0.39, 0.29) is 10.7 Å². The summed E-state index contributed by atoms with van der Waals surface area (Å²) in [5.74, 6) is -0.0706. The molecule has 0 aliphatic carbocycles. The lowest BCUT2D eigenvalue weighted by atomic mass is 10.1. The molecule has 5 nitrogen and oxygen atoms in total. The molecule has 0 saturated carbocycles. The van der Waals surface area contributed by atoms with Crippen molar-refractivity contribution in [1.82, 2.24) is 0 Å². The second-order valence-corrected chi connectivity index (χ2v) is 6.41. The Balaban J connectivity index is 2.30. The average Bonchev–Trinajstić information content (AvgIpc) is 2.38. The highest BCUT2D eigenvalue weighted by molar-refractivity contribution is 7.92.